The SMILES string of the molecule is CN=C(NCCCCSC)NCc1ccc(OCc2ccccc2)c(OC)c1.I. The highest BCUT2D eigenvalue weighted by atomic mass is 127. The predicted molar refractivity (Wildman–Crippen MR) is 135 cm³/mol. The van der Waals surface area contributed by atoms with Crippen molar-refractivity contribution < 1.29 is 9.47 Å². The third kappa shape index (κ3) is 9.62. The number of nitrogens with one attached hydrogen (secondary N) is 2. The Labute approximate surface area is 196 Å². The number of methoxy groups -OCH3 is 1. The molecule has 0 aliphatic rings. The average Bonchev–Trinajstić information content (AvgIpc) is 2.75. The van der Waals surface area contributed by atoms with Gasteiger partial charge in [0.1, 0.15) is 6.61 Å². The van der Waals surface area contributed by atoms with Crippen LogP contribution in [-0.2, 0) is 13.2 Å². The van der Waals surface area contributed by atoms with Gasteiger partial charge in [-0.25, -0.2) is 0 Å². The summed E-state index contributed by atoms with van der Waals surface area (Å²) in [5.74, 6) is 3.49. The molecule has 0 amide bonds. The summed E-state index contributed by atoms with van der Waals surface area (Å²) < 4.78 is 11.4. The van der Waals surface area contributed by atoms with Crippen LogP contribution in [0.3, 0.4) is 0 Å². The van der Waals surface area contributed by atoms with E-state index in [0.29, 0.717) is 13.2 Å². The first-order valence-electron chi connectivity index (χ1n) is 9.54. The Balaban J connectivity index is 0.00000420. The second-order valence-corrected chi connectivity index (χ2v) is 7.30. The quantitative estimate of drug-likeness (QED) is 0.191. The van der Waals surface area contributed by atoms with Gasteiger partial charge >= 0.3 is 0 Å². The van der Waals surface area contributed by atoms with Gasteiger partial charge in [0.2, 0.25) is 0 Å². The Morgan fingerprint density at radius 1 is 1.00 bits per heavy atom. The monoisotopic (exact) mass is 529 g/mol. The van der Waals surface area contributed by atoms with Gasteiger partial charge in [0, 0.05) is 20.1 Å². The molecule has 2 aromatic carbocycles. The zero-order valence-corrected chi connectivity index (χ0v) is 20.6. The zero-order valence-electron chi connectivity index (χ0n) is 17.4. The van der Waals surface area contributed by atoms with Crippen LogP contribution in [0.2, 0.25) is 0 Å². The number of hydrogen-bond donors (Lipinski definition) is 2. The first-order chi connectivity index (χ1) is 13.8. The van der Waals surface area contributed by atoms with Gasteiger partial charge in [-0.3, -0.25) is 4.99 Å². The summed E-state index contributed by atoms with van der Waals surface area (Å²) in [6.07, 6.45) is 4.50. The molecule has 0 bridgehead atoms. The third-order valence-corrected chi connectivity index (χ3v) is 4.91. The standard InChI is InChI=1S/C22H31N3O2S.HI/c1-23-22(24-13-7-8-14-28-3)25-16-19-11-12-20(21(15-19)26-2)27-17-18-9-5-4-6-10-18;/h4-6,9-12,15H,7-8,13-14,16-17H2,1-3H3,(H2,23,24,25);1H. The maximum Gasteiger partial charge on any atom is 0.191 e. The summed E-state index contributed by atoms with van der Waals surface area (Å²) in [6.45, 7) is 2.11. The molecular formula is C22H32IN3O2S. The molecule has 2 rings (SSSR count). The fourth-order valence-electron chi connectivity index (χ4n) is 2.66. The molecule has 0 unspecified atom stereocenters. The van der Waals surface area contributed by atoms with Crippen molar-refractivity contribution in [2.45, 2.75) is 26.0 Å². The van der Waals surface area contributed by atoms with Gasteiger partial charge in [0.25, 0.3) is 0 Å². The molecule has 160 valence electrons. The minimum absolute atomic E-state index is 0. The van der Waals surface area contributed by atoms with Crippen molar-refractivity contribution in [3.05, 3.63) is 59.7 Å². The van der Waals surface area contributed by atoms with E-state index in [-0.39, 0.29) is 24.0 Å². The fourth-order valence-corrected chi connectivity index (χ4v) is 3.15. The van der Waals surface area contributed by atoms with Gasteiger partial charge < -0.3 is 20.1 Å². The normalized spacial score (nSPS) is 10.8. The van der Waals surface area contributed by atoms with Crippen LogP contribution in [0.4, 0.5) is 0 Å². The molecule has 5 nitrogen and oxygen atoms in total. The van der Waals surface area contributed by atoms with Gasteiger partial charge in [-0.2, -0.15) is 11.8 Å². The van der Waals surface area contributed by atoms with Crippen LogP contribution in [0, 0.1) is 0 Å². The summed E-state index contributed by atoms with van der Waals surface area (Å²) in [7, 11) is 3.45. The van der Waals surface area contributed by atoms with E-state index in [1.54, 1.807) is 14.2 Å². The lowest BCUT2D eigenvalue weighted by molar-refractivity contribution is 0.284. The van der Waals surface area contributed by atoms with E-state index < -0.39 is 0 Å². The number of ether oxygens (including phenoxy) is 2. The van der Waals surface area contributed by atoms with Crippen LogP contribution in [0.5, 0.6) is 11.5 Å². The van der Waals surface area contributed by atoms with E-state index in [9.17, 15) is 0 Å². The highest BCUT2D eigenvalue weighted by Crippen LogP contribution is 2.28. The van der Waals surface area contributed by atoms with Gasteiger partial charge in [0.05, 0.1) is 7.11 Å². The number of unbranched alkanes of at least 4 members (excludes halogenated alkanes) is 1. The van der Waals surface area contributed by atoms with Crippen molar-refractivity contribution in [2.75, 3.05) is 32.7 Å². The van der Waals surface area contributed by atoms with E-state index in [4.69, 9.17) is 9.47 Å². The van der Waals surface area contributed by atoms with Crippen molar-refractivity contribution in [3.8, 4) is 11.5 Å². The summed E-state index contributed by atoms with van der Waals surface area (Å²) >= 11 is 1.88. The Hall–Kier alpha value is -1.61. The minimum atomic E-state index is 0. The molecule has 0 aromatic heterocycles. The number of nitrogens with zero attached hydrogens (tertiary/aromatic N) is 1. The smallest absolute Gasteiger partial charge is 0.191 e. The Morgan fingerprint density at radius 2 is 1.79 bits per heavy atom. The maximum absolute atomic E-state index is 5.92. The van der Waals surface area contributed by atoms with E-state index >= 15 is 0 Å². The second kappa shape index (κ2) is 15.3. The highest BCUT2D eigenvalue weighted by molar-refractivity contribution is 14.0. The van der Waals surface area contributed by atoms with Crippen LogP contribution < -0.4 is 20.1 Å². The van der Waals surface area contributed by atoms with Gasteiger partial charge in [-0.15, -0.1) is 24.0 Å². The summed E-state index contributed by atoms with van der Waals surface area (Å²) in [4.78, 5) is 4.28. The van der Waals surface area contributed by atoms with Crippen molar-refractivity contribution in [2.24, 2.45) is 4.99 Å². The summed E-state index contributed by atoms with van der Waals surface area (Å²) in [6, 6.07) is 16.1. The predicted octanol–water partition coefficient (Wildman–Crippen LogP) is 4.70. The molecule has 0 radical (unpaired) electrons. The topological polar surface area (TPSA) is 54.9 Å². The number of guanidine groups is 1. The lowest BCUT2D eigenvalue weighted by Crippen LogP contribution is -2.37. The molecule has 29 heavy (non-hydrogen) atoms. The second-order valence-electron chi connectivity index (χ2n) is 6.31. The molecule has 0 fully saturated rings. The molecule has 7 heteroatoms. The fraction of sp³-hybridized carbons (Fsp3) is 0.409. The molecule has 0 aliphatic heterocycles. The third-order valence-electron chi connectivity index (χ3n) is 4.22. The van der Waals surface area contributed by atoms with Crippen LogP contribution in [0.25, 0.3) is 0 Å². The molecule has 0 heterocycles. The Bertz CT molecular complexity index is 729. The van der Waals surface area contributed by atoms with Crippen LogP contribution in [0.1, 0.15) is 24.0 Å². The molecule has 0 saturated heterocycles. The number of hydrogen-bond acceptors (Lipinski definition) is 4. The average molecular weight is 529 g/mol. The van der Waals surface area contributed by atoms with E-state index in [1.165, 1.54) is 12.2 Å². The van der Waals surface area contributed by atoms with Gasteiger partial charge in [-0.05, 0) is 48.1 Å². The van der Waals surface area contributed by atoms with Crippen LogP contribution >= 0.6 is 35.7 Å². The molecule has 2 N–H and O–H groups in total. The van der Waals surface area contributed by atoms with Crippen LogP contribution in [-0.4, -0.2) is 38.7 Å². The Morgan fingerprint density at radius 3 is 2.48 bits per heavy atom. The van der Waals surface area contributed by atoms with Crippen molar-refractivity contribution in [3.63, 3.8) is 0 Å². The number of rotatable bonds is 11. The minimum Gasteiger partial charge on any atom is -0.493 e. The largest absolute Gasteiger partial charge is 0.493 e. The van der Waals surface area contributed by atoms with E-state index in [1.807, 2.05) is 60.3 Å². The number of thioether (sulfide) groups is 1. The molecule has 0 atom stereocenters. The molecular weight excluding hydrogens is 497 g/mol. The zero-order chi connectivity index (χ0) is 20.0. The lowest BCUT2D eigenvalue weighted by atomic mass is 10.2. The number of benzene rings is 2. The lowest BCUT2D eigenvalue weighted by Gasteiger charge is -2.14. The number of aliphatic imine (C=N–C) groups is 1. The van der Waals surface area contributed by atoms with Crippen LogP contribution in [0.15, 0.2) is 53.5 Å². The summed E-state index contributed by atoms with van der Waals surface area (Å²) in [5.41, 5.74) is 2.23. The maximum atomic E-state index is 5.92. The van der Waals surface area contributed by atoms with Crippen molar-refractivity contribution >= 4 is 41.7 Å². The van der Waals surface area contributed by atoms with Gasteiger partial charge in [0.15, 0.2) is 17.5 Å². The first-order valence-corrected chi connectivity index (χ1v) is 10.9. The molecule has 2 aromatic rings. The highest BCUT2D eigenvalue weighted by Gasteiger charge is 2.07. The number of halogens is 1. The molecule has 0 saturated carbocycles. The van der Waals surface area contributed by atoms with E-state index in [2.05, 4.69) is 21.9 Å². The summed E-state index contributed by atoms with van der Waals surface area (Å²) in [5, 5.41) is 6.69. The molecule has 0 aliphatic carbocycles. The van der Waals surface area contributed by atoms with Gasteiger partial charge in [-0.1, -0.05) is 36.4 Å². The molecule has 0 spiro atoms. The first kappa shape index (κ1) is 25.4. The van der Waals surface area contributed by atoms with Crippen molar-refractivity contribution in [1.82, 2.24) is 10.6 Å². The van der Waals surface area contributed by atoms with E-state index in [0.717, 1.165) is 41.6 Å². The Kier molecular flexibility index (Phi) is 13.4. The van der Waals surface area contributed by atoms with Crippen molar-refractivity contribution in [1.29, 1.82) is 0 Å².